The van der Waals surface area contributed by atoms with E-state index in [1.165, 1.54) is 4.90 Å². The van der Waals surface area contributed by atoms with Gasteiger partial charge >= 0.3 is 0 Å². The smallest absolute Gasteiger partial charge is 0.261 e. The first-order chi connectivity index (χ1) is 8.68. The van der Waals surface area contributed by atoms with Crippen LogP contribution in [0.4, 0.5) is 0 Å². The molecule has 0 spiro atoms. The molecule has 1 aromatic carbocycles. The van der Waals surface area contributed by atoms with Gasteiger partial charge in [0.05, 0.1) is 11.1 Å². The lowest BCUT2D eigenvalue weighted by atomic mass is 9.99. The second-order valence-electron chi connectivity index (χ2n) is 5.06. The van der Waals surface area contributed by atoms with Crippen LogP contribution in [-0.4, -0.2) is 35.3 Å². The van der Waals surface area contributed by atoms with Crippen molar-refractivity contribution < 1.29 is 9.59 Å². The Morgan fingerprint density at radius 3 is 2.33 bits per heavy atom. The molecule has 3 rings (SSSR count). The fourth-order valence-electron chi connectivity index (χ4n) is 2.88. The molecule has 2 aliphatic rings. The van der Waals surface area contributed by atoms with Crippen molar-refractivity contribution in [1.82, 2.24) is 10.2 Å². The van der Waals surface area contributed by atoms with Gasteiger partial charge in [0.25, 0.3) is 11.8 Å². The van der Waals surface area contributed by atoms with E-state index in [-0.39, 0.29) is 17.9 Å². The third-order valence-electron chi connectivity index (χ3n) is 3.79. The van der Waals surface area contributed by atoms with Crippen LogP contribution >= 0.6 is 0 Å². The monoisotopic (exact) mass is 244 g/mol. The predicted molar refractivity (Wildman–Crippen MR) is 67.4 cm³/mol. The highest BCUT2D eigenvalue weighted by molar-refractivity contribution is 6.21. The first kappa shape index (κ1) is 11.4. The summed E-state index contributed by atoms with van der Waals surface area (Å²) >= 11 is 0. The third kappa shape index (κ3) is 1.64. The summed E-state index contributed by atoms with van der Waals surface area (Å²) in [6, 6.07) is 7.47. The molecule has 0 aliphatic carbocycles. The molecule has 0 saturated carbocycles. The number of amides is 2. The molecule has 2 unspecified atom stereocenters. The average molecular weight is 244 g/mol. The molecule has 0 bridgehead atoms. The van der Waals surface area contributed by atoms with E-state index in [2.05, 4.69) is 12.2 Å². The number of carbonyl (C=O) groups is 2. The van der Waals surface area contributed by atoms with Crippen LogP contribution in [0.2, 0.25) is 0 Å². The van der Waals surface area contributed by atoms with Crippen molar-refractivity contribution in [2.75, 3.05) is 6.54 Å². The number of benzene rings is 1. The maximum Gasteiger partial charge on any atom is 0.261 e. The van der Waals surface area contributed by atoms with Gasteiger partial charge in [-0.2, -0.15) is 0 Å². The fourth-order valence-corrected chi connectivity index (χ4v) is 2.88. The second-order valence-corrected chi connectivity index (χ2v) is 5.06. The van der Waals surface area contributed by atoms with Crippen molar-refractivity contribution in [3.05, 3.63) is 35.4 Å². The van der Waals surface area contributed by atoms with Gasteiger partial charge in [-0.3, -0.25) is 14.5 Å². The minimum absolute atomic E-state index is 0.0358. The van der Waals surface area contributed by atoms with E-state index in [0.717, 1.165) is 19.4 Å². The highest BCUT2D eigenvalue weighted by Crippen LogP contribution is 2.28. The number of hydrogen-bond acceptors (Lipinski definition) is 3. The fraction of sp³-hybridized carbons (Fsp3) is 0.429. The molecule has 94 valence electrons. The zero-order valence-electron chi connectivity index (χ0n) is 10.3. The number of fused-ring (bicyclic) bond motifs is 1. The minimum Gasteiger partial charge on any atom is -0.314 e. The Hall–Kier alpha value is -1.68. The molecule has 2 aliphatic heterocycles. The van der Waals surface area contributed by atoms with Crippen molar-refractivity contribution in [2.24, 2.45) is 0 Å². The topological polar surface area (TPSA) is 49.4 Å². The largest absolute Gasteiger partial charge is 0.314 e. The summed E-state index contributed by atoms with van der Waals surface area (Å²) in [5.74, 6) is -0.260. The predicted octanol–water partition coefficient (Wildman–Crippen LogP) is 1.42. The highest BCUT2D eigenvalue weighted by Gasteiger charge is 2.40. The second kappa shape index (κ2) is 4.21. The van der Waals surface area contributed by atoms with E-state index in [9.17, 15) is 9.59 Å². The van der Waals surface area contributed by atoms with E-state index in [1.54, 1.807) is 24.3 Å². The molecular formula is C14H16N2O2. The summed E-state index contributed by atoms with van der Waals surface area (Å²) in [4.78, 5) is 26.1. The van der Waals surface area contributed by atoms with Gasteiger partial charge in [-0.05, 0) is 38.4 Å². The quantitative estimate of drug-likeness (QED) is 0.760. The van der Waals surface area contributed by atoms with Crippen molar-refractivity contribution in [3.8, 4) is 0 Å². The molecule has 1 N–H and O–H groups in total. The molecular weight excluding hydrogens is 228 g/mol. The molecule has 0 radical (unpaired) electrons. The molecule has 0 aromatic heterocycles. The van der Waals surface area contributed by atoms with Crippen molar-refractivity contribution in [3.63, 3.8) is 0 Å². The lowest BCUT2D eigenvalue weighted by Gasteiger charge is -2.33. The first-order valence-electron chi connectivity index (χ1n) is 6.39. The molecule has 4 heteroatoms. The Labute approximate surface area is 106 Å². The Morgan fingerprint density at radius 1 is 1.17 bits per heavy atom. The Balaban J connectivity index is 1.92. The number of nitrogens with one attached hydrogen (secondary N) is 1. The van der Waals surface area contributed by atoms with Crippen molar-refractivity contribution >= 4 is 11.8 Å². The lowest BCUT2D eigenvalue weighted by molar-refractivity contribution is 0.0542. The van der Waals surface area contributed by atoms with Gasteiger partial charge < -0.3 is 5.32 Å². The summed E-state index contributed by atoms with van der Waals surface area (Å²) in [6.45, 7) is 2.95. The summed E-state index contributed by atoms with van der Waals surface area (Å²) < 4.78 is 0. The van der Waals surface area contributed by atoms with Crippen LogP contribution in [-0.2, 0) is 0 Å². The number of nitrogens with zero attached hydrogens (tertiary/aromatic N) is 1. The van der Waals surface area contributed by atoms with Crippen LogP contribution in [0.3, 0.4) is 0 Å². The SMILES string of the molecule is CC1CC(N2C(=O)c3ccccc3C2=O)CCN1. The first-order valence-corrected chi connectivity index (χ1v) is 6.39. The molecule has 1 saturated heterocycles. The molecule has 2 heterocycles. The average Bonchev–Trinajstić information content (AvgIpc) is 2.63. The Bertz CT molecular complexity index is 477. The van der Waals surface area contributed by atoms with Gasteiger partial charge in [-0.1, -0.05) is 12.1 Å². The number of hydrogen-bond donors (Lipinski definition) is 1. The number of imide groups is 1. The van der Waals surface area contributed by atoms with E-state index >= 15 is 0 Å². The summed E-state index contributed by atoms with van der Waals surface area (Å²) in [6.07, 6.45) is 1.68. The summed E-state index contributed by atoms with van der Waals surface area (Å²) in [5.41, 5.74) is 1.10. The van der Waals surface area contributed by atoms with Crippen LogP contribution in [0.15, 0.2) is 24.3 Å². The maximum absolute atomic E-state index is 12.3. The summed E-state index contributed by atoms with van der Waals surface area (Å²) in [5, 5.41) is 3.34. The molecule has 2 amide bonds. The van der Waals surface area contributed by atoms with Crippen molar-refractivity contribution in [2.45, 2.75) is 31.8 Å². The molecule has 1 aromatic rings. The number of rotatable bonds is 1. The lowest BCUT2D eigenvalue weighted by Crippen LogP contribution is -2.48. The van der Waals surface area contributed by atoms with Gasteiger partial charge in [0.2, 0.25) is 0 Å². The van der Waals surface area contributed by atoms with Crippen LogP contribution < -0.4 is 5.32 Å². The molecule has 1 fully saturated rings. The highest BCUT2D eigenvalue weighted by atomic mass is 16.2. The zero-order chi connectivity index (χ0) is 12.7. The molecule has 2 atom stereocenters. The zero-order valence-corrected chi connectivity index (χ0v) is 10.3. The van der Waals surface area contributed by atoms with E-state index in [1.807, 2.05) is 0 Å². The van der Waals surface area contributed by atoms with Gasteiger partial charge in [-0.25, -0.2) is 0 Å². The number of piperidine rings is 1. The van der Waals surface area contributed by atoms with Gasteiger partial charge in [-0.15, -0.1) is 0 Å². The number of carbonyl (C=O) groups excluding carboxylic acids is 2. The maximum atomic E-state index is 12.3. The molecule has 4 nitrogen and oxygen atoms in total. The van der Waals surface area contributed by atoms with Crippen LogP contribution in [0.1, 0.15) is 40.5 Å². The van der Waals surface area contributed by atoms with Gasteiger partial charge in [0, 0.05) is 12.1 Å². The van der Waals surface area contributed by atoms with E-state index < -0.39 is 0 Å². The van der Waals surface area contributed by atoms with E-state index in [0.29, 0.717) is 17.2 Å². The summed E-state index contributed by atoms with van der Waals surface area (Å²) in [7, 11) is 0. The van der Waals surface area contributed by atoms with Crippen LogP contribution in [0.25, 0.3) is 0 Å². The Kier molecular flexibility index (Phi) is 2.67. The molecule has 18 heavy (non-hydrogen) atoms. The Morgan fingerprint density at radius 2 is 1.78 bits per heavy atom. The van der Waals surface area contributed by atoms with Gasteiger partial charge in [0.1, 0.15) is 0 Å². The van der Waals surface area contributed by atoms with Crippen LogP contribution in [0.5, 0.6) is 0 Å². The standard InChI is InChI=1S/C14H16N2O2/c1-9-8-10(6-7-15-9)16-13(17)11-4-2-3-5-12(11)14(16)18/h2-5,9-10,15H,6-8H2,1H3. The van der Waals surface area contributed by atoms with E-state index in [4.69, 9.17) is 0 Å². The van der Waals surface area contributed by atoms with Crippen molar-refractivity contribution in [1.29, 1.82) is 0 Å². The van der Waals surface area contributed by atoms with Crippen LogP contribution in [0, 0.1) is 0 Å². The van der Waals surface area contributed by atoms with Gasteiger partial charge in [0.15, 0.2) is 0 Å². The normalized spacial score (nSPS) is 27.5. The third-order valence-corrected chi connectivity index (χ3v) is 3.79. The minimum atomic E-state index is -0.130.